The molecule has 6 bridgehead atoms. The number of fused-ring (bicyclic) bond motifs is 4. The van der Waals surface area contributed by atoms with E-state index >= 15 is 0 Å². The van der Waals surface area contributed by atoms with Crippen molar-refractivity contribution in [2.75, 3.05) is 6.54 Å². The van der Waals surface area contributed by atoms with Gasteiger partial charge in [-0.1, -0.05) is 119 Å². The number of hydrogen-bond acceptors (Lipinski definition) is 12. The number of nitrogens with two attached hydrogens (primary N) is 1. The molecule has 20 heteroatoms. The monoisotopic (exact) mass is 949 g/mol. The zero-order valence-corrected chi connectivity index (χ0v) is 45.4. The molecule has 4 saturated carbocycles. The maximum atomic E-state index is 8.43. The first-order valence-electron chi connectivity index (χ1n) is 24.0. The summed E-state index contributed by atoms with van der Waals surface area (Å²) in [6.07, 6.45) is 22.3. The molecule has 4 aliphatic carbocycles. The number of rotatable bonds is 12. The Hall–Kier alpha value is 1.26. The summed E-state index contributed by atoms with van der Waals surface area (Å²) in [5.74, 6) is 0. The van der Waals surface area contributed by atoms with Crippen LogP contribution in [0.2, 0.25) is 57.9 Å². The van der Waals surface area contributed by atoms with Crippen LogP contribution in [0.5, 0.6) is 0 Å². The molecule has 2 N–H and O–H groups in total. The Morgan fingerprint density at radius 1 is 0.448 bits per heavy atom. The lowest BCUT2D eigenvalue weighted by molar-refractivity contribution is -0.0380. The Kier molecular flexibility index (Phi) is 13.9. The van der Waals surface area contributed by atoms with Gasteiger partial charge in [-0.15, -0.1) is 0 Å². The van der Waals surface area contributed by atoms with Crippen molar-refractivity contribution in [1.82, 2.24) is 0 Å². The molecule has 8 fully saturated rings. The molecule has 0 amide bonds. The van der Waals surface area contributed by atoms with E-state index in [0.717, 1.165) is 115 Å². The van der Waals surface area contributed by atoms with Gasteiger partial charge in [-0.3, -0.25) is 0 Å². The molecular weight excluding hydrogens is 871 g/mol. The largest absolute Gasteiger partial charge is 0.482 e. The third kappa shape index (κ3) is 8.47. The molecular formula is C38H79NO11Si8. The standard InChI is InChI=1S/C38H79NO11Si8/c1-32(2)52-41-53(33(3)4)43-54(42-52,34(5)6)46-58(38-28-19-12-20-29-38)49-56(44-52,36-24-15-10-16-25-36)47-55(35-22-13-9-14-23-35,40-51(7,8)31-21-30-39)48-57(45-53,50-58)37-26-17-11-18-27-37/h32-38H,9-31,39H2,1-8H3/t52?,53?,54?,55?,56-,57+,58?. The highest BCUT2D eigenvalue weighted by Crippen LogP contribution is 2.62. The summed E-state index contributed by atoms with van der Waals surface area (Å²) in [5, 5.41) is 0. The van der Waals surface area contributed by atoms with Gasteiger partial charge >= 0.3 is 61.6 Å². The lowest BCUT2D eigenvalue weighted by Crippen LogP contribution is -2.89. The van der Waals surface area contributed by atoms with Gasteiger partial charge in [0.1, 0.15) is 0 Å². The van der Waals surface area contributed by atoms with Crippen LogP contribution in [0.25, 0.3) is 0 Å². The highest BCUT2D eigenvalue weighted by atomic mass is 28.6. The SMILES string of the molecule is CC(C)[Si]12O[Si]3(C(C)C)O[Si](C(C)C)(O1)O[Si@@]1(C4CCCCC4)O[Si](O[Si](C)(C)CCCN)(C4CCCCC4)O[Si@@](C4CCCCC4)(O3)O[Si](C3CCCCC3)(O2)O1. The minimum atomic E-state index is -3.96. The summed E-state index contributed by atoms with van der Waals surface area (Å²) < 4.78 is 89.3. The van der Waals surface area contributed by atoms with Gasteiger partial charge in [0.15, 0.2) is 8.32 Å². The van der Waals surface area contributed by atoms with Crippen LogP contribution < -0.4 is 5.73 Å². The van der Waals surface area contributed by atoms with Crippen LogP contribution in [-0.4, -0.2) is 76.5 Å². The third-order valence-electron chi connectivity index (χ3n) is 14.8. The molecule has 4 heterocycles. The van der Waals surface area contributed by atoms with Crippen molar-refractivity contribution in [3.05, 3.63) is 0 Å². The summed E-state index contributed by atoms with van der Waals surface area (Å²) in [4.78, 5) is 0. The van der Waals surface area contributed by atoms with Gasteiger partial charge in [-0.05, 0) is 83.5 Å². The van der Waals surface area contributed by atoms with E-state index in [2.05, 4.69) is 54.6 Å². The number of hydrogen-bond donors (Lipinski definition) is 1. The van der Waals surface area contributed by atoms with E-state index in [9.17, 15) is 0 Å². The van der Waals surface area contributed by atoms with Crippen molar-refractivity contribution in [2.45, 2.75) is 234 Å². The molecule has 4 aliphatic heterocycles. The Bertz CT molecular complexity index is 1360. The van der Waals surface area contributed by atoms with E-state index in [4.69, 9.17) is 51.0 Å². The second kappa shape index (κ2) is 17.6. The first-order chi connectivity index (χ1) is 27.6. The molecule has 5 unspecified atom stereocenters. The maximum absolute atomic E-state index is 8.43. The molecule has 8 rings (SSSR count). The van der Waals surface area contributed by atoms with Gasteiger partial charge in [0, 0.05) is 38.8 Å². The van der Waals surface area contributed by atoms with E-state index in [-0.39, 0.29) is 38.8 Å². The molecule has 0 aromatic carbocycles. The quantitative estimate of drug-likeness (QED) is 0.187. The zero-order valence-electron chi connectivity index (χ0n) is 37.4. The average molecular weight is 951 g/mol. The van der Waals surface area contributed by atoms with E-state index in [1.54, 1.807) is 0 Å². The highest BCUT2D eigenvalue weighted by Gasteiger charge is 2.85. The van der Waals surface area contributed by atoms with E-state index in [1.165, 1.54) is 25.7 Å². The predicted molar refractivity (Wildman–Crippen MR) is 241 cm³/mol. The summed E-state index contributed by atoms with van der Waals surface area (Å²) in [5.41, 5.74) is 6.11. The molecule has 4 saturated heterocycles. The van der Waals surface area contributed by atoms with Crippen LogP contribution >= 0.6 is 0 Å². The summed E-state index contributed by atoms with van der Waals surface area (Å²) in [6, 6.07) is 0.925. The van der Waals surface area contributed by atoms with Crippen LogP contribution in [0.1, 0.15) is 176 Å². The molecule has 0 aromatic rings. The first-order valence-corrected chi connectivity index (χ1v) is 39.7. The fraction of sp³-hybridized carbons (Fsp3) is 1.00. The Morgan fingerprint density at radius 3 is 1.07 bits per heavy atom. The van der Waals surface area contributed by atoms with Gasteiger partial charge < -0.3 is 51.0 Å². The first kappa shape index (κ1) is 45.8. The van der Waals surface area contributed by atoms with Crippen molar-refractivity contribution in [2.24, 2.45) is 5.73 Å². The predicted octanol–water partition coefficient (Wildman–Crippen LogP) is 10.9. The van der Waals surface area contributed by atoms with E-state index < -0.39 is 69.9 Å². The maximum Gasteiger partial charge on any atom is 0.482 e. The van der Waals surface area contributed by atoms with Gasteiger partial charge in [0.2, 0.25) is 0 Å². The molecule has 8 aliphatic rings. The molecule has 0 spiro atoms. The molecule has 7 atom stereocenters. The Labute approximate surface area is 360 Å². The van der Waals surface area contributed by atoms with Crippen LogP contribution in [0.4, 0.5) is 0 Å². The normalized spacial score (nSPS) is 42.8. The average Bonchev–Trinajstić information content (AvgIpc) is 3.19. The molecule has 58 heavy (non-hydrogen) atoms. The summed E-state index contributed by atoms with van der Waals surface area (Å²) >= 11 is 0. The fourth-order valence-corrected chi connectivity index (χ4v) is 64.0. The Morgan fingerprint density at radius 2 is 0.759 bits per heavy atom. The summed E-state index contributed by atoms with van der Waals surface area (Å²) in [7, 11) is -29.4. The molecule has 12 nitrogen and oxygen atoms in total. The van der Waals surface area contributed by atoms with Crippen LogP contribution in [0.3, 0.4) is 0 Å². The molecule has 0 radical (unpaired) electrons. The fourth-order valence-electron chi connectivity index (χ4n) is 11.3. The van der Waals surface area contributed by atoms with Crippen LogP contribution in [0.15, 0.2) is 0 Å². The summed E-state index contributed by atoms with van der Waals surface area (Å²) in [6.45, 7) is 18.6. The van der Waals surface area contributed by atoms with Crippen molar-refractivity contribution in [1.29, 1.82) is 0 Å². The second-order valence-electron chi connectivity index (χ2n) is 20.8. The molecule has 334 valence electrons. The minimum Gasteiger partial charge on any atom is -0.416 e. The van der Waals surface area contributed by atoms with Crippen LogP contribution in [-0.2, 0) is 45.3 Å². The van der Waals surface area contributed by atoms with Crippen molar-refractivity contribution < 1.29 is 45.3 Å². The third-order valence-corrected chi connectivity index (χ3v) is 53.0. The van der Waals surface area contributed by atoms with Crippen molar-refractivity contribution in [3.8, 4) is 0 Å². The van der Waals surface area contributed by atoms with Gasteiger partial charge in [0.05, 0.1) is 0 Å². The van der Waals surface area contributed by atoms with Gasteiger partial charge in [-0.2, -0.15) is 0 Å². The highest BCUT2D eigenvalue weighted by molar-refractivity contribution is 7.03. The topological polar surface area (TPSA) is 128 Å². The lowest BCUT2D eigenvalue weighted by atomic mass is 10.0. The molecule has 0 aromatic heterocycles. The van der Waals surface area contributed by atoms with E-state index in [1.807, 2.05) is 0 Å². The van der Waals surface area contributed by atoms with Gasteiger partial charge in [-0.25, -0.2) is 0 Å². The lowest BCUT2D eigenvalue weighted by Gasteiger charge is -2.66. The van der Waals surface area contributed by atoms with Crippen LogP contribution in [0, 0.1) is 0 Å². The minimum absolute atomic E-state index is 0.0334. The van der Waals surface area contributed by atoms with Crippen molar-refractivity contribution >= 4 is 69.9 Å². The van der Waals surface area contributed by atoms with E-state index in [0.29, 0.717) is 6.54 Å². The second-order valence-corrected chi connectivity index (χ2v) is 49.0. The zero-order chi connectivity index (χ0) is 41.1. The van der Waals surface area contributed by atoms with Crippen molar-refractivity contribution in [3.63, 3.8) is 0 Å². The smallest absolute Gasteiger partial charge is 0.416 e. The van der Waals surface area contributed by atoms with Gasteiger partial charge in [0.25, 0.3) is 0 Å². The Balaban J connectivity index is 1.47.